The number of aromatic nitrogens is 2. The molecule has 188 valence electrons. The Morgan fingerprint density at radius 3 is 2.42 bits per heavy atom. The number of ether oxygens (including phenoxy) is 2. The summed E-state index contributed by atoms with van der Waals surface area (Å²) in [7, 11) is 1.46. The minimum Gasteiger partial charge on any atom is -0.493 e. The Bertz CT molecular complexity index is 1580. The zero-order chi connectivity index (χ0) is 26.3. The number of furan rings is 1. The fourth-order valence-corrected chi connectivity index (χ4v) is 3.68. The molecular weight excluding hydrogens is 484 g/mol. The fourth-order valence-electron chi connectivity index (χ4n) is 3.68. The molecular formula is C29H22N4O5. The van der Waals surface area contributed by atoms with E-state index in [0.29, 0.717) is 22.6 Å². The number of benzene rings is 3. The van der Waals surface area contributed by atoms with Crippen LogP contribution in [0.1, 0.15) is 26.5 Å². The molecule has 38 heavy (non-hydrogen) atoms. The highest BCUT2D eigenvalue weighted by Crippen LogP contribution is 2.28. The summed E-state index contributed by atoms with van der Waals surface area (Å²) in [6.45, 7) is 0. The number of hydrogen-bond acceptors (Lipinski definition) is 7. The molecule has 0 saturated heterocycles. The Labute approximate surface area is 217 Å². The number of esters is 1. The van der Waals surface area contributed by atoms with Crippen LogP contribution in [0.15, 0.2) is 113 Å². The van der Waals surface area contributed by atoms with Gasteiger partial charge in [-0.05, 0) is 48.0 Å². The van der Waals surface area contributed by atoms with Crippen LogP contribution in [-0.2, 0) is 0 Å². The second kappa shape index (κ2) is 11.1. The number of carbonyl (C=O) groups is 2. The summed E-state index contributed by atoms with van der Waals surface area (Å²) < 4.78 is 17.4. The van der Waals surface area contributed by atoms with E-state index in [9.17, 15) is 9.59 Å². The lowest BCUT2D eigenvalue weighted by molar-refractivity contribution is 0.0696. The first kappa shape index (κ1) is 24.3. The molecule has 0 bridgehead atoms. The second-order valence-electron chi connectivity index (χ2n) is 8.01. The van der Waals surface area contributed by atoms with Crippen LogP contribution in [0.5, 0.6) is 11.5 Å². The Kier molecular flexibility index (Phi) is 7.08. The molecule has 0 unspecified atom stereocenters. The summed E-state index contributed by atoms with van der Waals surface area (Å²) in [6.07, 6.45) is 4.52. The molecule has 2 heterocycles. The van der Waals surface area contributed by atoms with E-state index in [2.05, 4.69) is 15.6 Å². The van der Waals surface area contributed by atoms with Crippen molar-refractivity contribution in [1.82, 2.24) is 15.2 Å². The number of amides is 1. The van der Waals surface area contributed by atoms with Crippen LogP contribution in [0.2, 0.25) is 0 Å². The normalized spacial score (nSPS) is 10.9. The lowest BCUT2D eigenvalue weighted by Crippen LogP contribution is -2.18. The predicted molar refractivity (Wildman–Crippen MR) is 141 cm³/mol. The molecule has 5 rings (SSSR count). The van der Waals surface area contributed by atoms with Gasteiger partial charge < -0.3 is 13.9 Å². The van der Waals surface area contributed by atoms with Crippen LogP contribution in [0.25, 0.3) is 16.9 Å². The Hall–Kier alpha value is -5.44. The molecule has 0 aliphatic rings. The standard InChI is InChI=1S/C29H22N4O5/c1-36-26-17-20(14-15-24(26)38-29(35)25-13-8-16-37-25)18-30-31-28(34)23-19-33(22-11-6-3-7-12-22)32-27(23)21-9-4-2-5-10-21/h2-19H,1H3,(H,31,34)/b30-18+. The maximum atomic E-state index is 13.1. The second-order valence-corrected chi connectivity index (χ2v) is 8.01. The molecule has 0 spiro atoms. The van der Waals surface area contributed by atoms with Crippen molar-refractivity contribution in [2.24, 2.45) is 5.10 Å². The van der Waals surface area contributed by atoms with Crippen molar-refractivity contribution >= 4 is 18.1 Å². The topological polar surface area (TPSA) is 108 Å². The first-order valence-corrected chi connectivity index (χ1v) is 11.6. The van der Waals surface area contributed by atoms with Crippen molar-refractivity contribution in [3.05, 3.63) is 120 Å². The third-order valence-electron chi connectivity index (χ3n) is 5.52. The highest BCUT2D eigenvalue weighted by Gasteiger charge is 2.19. The van der Waals surface area contributed by atoms with Crippen molar-refractivity contribution in [2.45, 2.75) is 0 Å². The van der Waals surface area contributed by atoms with Crippen LogP contribution in [0.3, 0.4) is 0 Å². The summed E-state index contributed by atoms with van der Waals surface area (Å²) in [6, 6.07) is 27.0. The molecule has 0 atom stereocenters. The number of hydrogen-bond donors (Lipinski definition) is 1. The molecule has 3 aromatic carbocycles. The van der Waals surface area contributed by atoms with Crippen molar-refractivity contribution in [2.75, 3.05) is 7.11 Å². The molecule has 2 aromatic heterocycles. The van der Waals surface area contributed by atoms with E-state index < -0.39 is 11.9 Å². The van der Waals surface area contributed by atoms with Crippen molar-refractivity contribution in [1.29, 1.82) is 0 Å². The average Bonchev–Trinajstić information content (AvgIpc) is 3.66. The molecule has 9 heteroatoms. The quantitative estimate of drug-likeness (QED) is 0.135. The van der Waals surface area contributed by atoms with Gasteiger partial charge in [-0.2, -0.15) is 10.2 Å². The predicted octanol–water partition coefficient (Wildman–Crippen LogP) is 5.12. The third-order valence-corrected chi connectivity index (χ3v) is 5.52. The van der Waals surface area contributed by atoms with Gasteiger partial charge >= 0.3 is 5.97 Å². The van der Waals surface area contributed by atoms with E-state index in [1.165, 1.54) is 25.7 Å². The number of nitrogens with zero attached hydrogens (tertiary/aromatic N) is 3. The van der Waals surface area contributed by atoms with Gasteiger partial charge in [-0.25, -0.2) is 14.9 Å². The first-order valence-electron chi connectivity index (χ1n) is 11.6. The number of para-hydroxylation sites is 1. The lowest BCUT2D eigenvalue weighted by Gasteiger charge is -2.09. The van der Waals surface area contributed by atoms with E-state index in [1.54, 1.807) is 35.1 Å². The summed E-state index contributed by atoms with van der Waals surface area (Å²) in [5, 5.41) is 8.75. The van der Waals surface area contributed by atoms with Gasteiger partial charge in [-0.3, -0.25) is 4.79 Å². The van der Waals surface area contributed by atoms with E-state index >= 15 is 0 Å². The third kappa shape index (κ3) is 5.36. The van der Waals surface area contributed by atoms with Gasteiger partial charge in [0, 0.05) is 11.8 Å². The maximum Gasteiger partial charge on any atom is 0.379 e. The lowest BCUT2D eigenvalue weighted by atomic mass is 10.1. The van der Waals surface area contributed by atoms with E-state index in [-0.39, 0.29) is 11.5 Å². The fraction of sp³-hybridized carbons (Fsp3) is 0.0345. The van der Waals surface area contributed by atoms with Crippen molar-refractivity contribution < 1.29 is 23.5 Å². The molecule has 0 fully saturated rings. The summed E-state index contributed by atoms with van der Waals surface area (Å²) in [5.41, 5.74) is 5.71. The zero-order valence-corrected chi connectivity index (χ0v) is 20.3. The van der Waals surface area contributed by atoms with Gasteiger partial charge in [-0.1, -0.05) is 48.5 Å². The Balaban J connectivity index is 1.34. The Morgan fingerprint density at radius 2 is 1.71 bits per heavy atom. The molecule has 0 radical (unpaired) electrons. The van der Waals surface area contributed by atoms with Crippen LogP contribution in [-0.4, -0.2) is 35.0 Å². The number of methoxy groups -OCH3 is 1. The maximum absolute atomic E-state index is 13.1. The molecule has 1 amide bonds. The zero-order valence-electron chi connectivity index (χ0n) is 20.3. The largest absolute Gasteiger partial charge is 0.493 e. The molecule has 1 N–H and O–H groups in total. The van der Waals surface area contributed by atoms with Crippen LogP contribution in [0.4, 0.5) is 0 Å². The molecule has 0 aliphatic heterocycles. The number of hydrazone groups is 1. The summed E-state index contributed by atoms with van der Waals surface area (Å²) in [5.74, 6) is -0.456. The molecule has 0 aliphatic carbocycles. The number of carbonyl (C=O) groups excluding carboxylic acids is 2. The van der Waals surface area contributed by atoms with Gasteiger partial charge in [0.2, 0.25) is 5.76 Å². The van der Waals surface area contributed by atoms with Crippen LogP contribution >= 0.6 is 0 Å². The molecule has 9 nitrogen and oxygen atoms in total. The van der Waals surface area contributed by atoms with E-state index in [1.807, 2.05) is 60.7 Å². The highest BCUT2D eigenvalue weighted by molar-refractivity contribution is 6.00. The van der Waals surface area contributed by atoms with Gasteiger partial charge in [0.1, 0.15) is 5.69 Å². The SMILES string of the molecule is COc1cc(/C=N/NC(=O)c2cn(-c3ccccc3)nc2-c2ccccc2)ccc1OC(=O)c1ccco1. The van der Waals surface area contributed by atoms with Crippen LogP contribution in [0, 0.1) is 0 Å². The van der Waals surface area contributed by atoms with Gasteiger partial charge in [0.25, 0.3) is 5.91 Å². The number of rotatable bonds is 8. The van der Waals surface area contributed by atoms with Gasteiger partial charge in [0.15, 0.2) is 11.5 Å². The summed E-state index contributed by atoms with van der Waals surface area (Å²) in [4.78, 5) is 25.3. The van der Waals surface area contributed by atoms with Gasteiger partial charge in [0.05, 0.1) is 30.8 Å². The highest BCUT2D eigenvalue weighted by atomic mass is 16.6. The average molecular weight is 507 g/mol. The van der Waals surface area contributed by atoms with E-state index in [0.717, 1.165) is 11.3 Å². The Morgan fingerprint density at radius 1 is 0.947 bits per heavy atom. The summed E-state index contributed by atoms with van der Waals surface area (Å²) >= 11 is 0. The smallest absolute Gasteiger partial charge is 0.379 e. The molecule has 0 saturated carbocycles. The first-order chi connectivity index (χ1) is 18.6. The van der Waals surface area contributed by atoms with E-state index in [4.69, 9.17) is 13.9 Å². The van der Waals surface area contributed by atoms with Gasteiger partial charge in [-0.15, -0.1) is 0 Å². The van der Waals surface area contributed by atoms with Crippen LogP contribution < -0.4 is 14.9 Å². The number of nitrogens with one attached hydrogen (secondary N) is 1. The van der Waals surface area contributed by atoms with Crippen molar-refractivity contribution in [3.63, 3.8) is 0 Å². The molecule has 5 aromatic rings. The van der Waals surface area contributed by atoms with Crippen molar-refractivity contribution in [3.8, 4) is 28.4 Å². The minimum absolute atomic E-state index is 0.0749. The minimum atomic E-state index is -0.646. The monoisotopic (exact) mass is 506 g/mol.